The number of nitrogens with one attached hydrogen (secondary N) is 1. The zero-order chi connectivity index (χ0) is 16.9. The van der Waals surface area contributed by atoms with Crippen molar-refractivity contribution in [2.45, 2.75) is 20.0 Å². The van der Waals surface area contributed by atoms with Crippen LogP contribution in [0.25, 0.3) is 0 Å². The van der Waals surface area contributed by atoms with Crippen LogP contribution in [0, 0.1) is 6.92 Å². The van der Waals surface area contributed by atoms with Crippen LogP contribution in [0.1, 0.15) is 24.8 Å². The van der Waals surface area contributed by atoms with Gasteiger partial charge in [-0.15, -0.1) is 10.2 Å². The normalized spacial score (nSPS) is 17.6. The van der Waals surface area contributed by atoms with Crippen LogP contribution in [0.4, 0.5) is 10.5 Å². The van der Waals surface area contributed by atoms with E-state index in [-0.39, 0.29) is 6.03 Å². The number of hydrogen-bond donors (Lipinski definition) is 1. The van der Waals surface area contributed by atoms with Crippen LogP contribution in [-0.4, -0.2) is 52.4 Å². The van der Waals surface area contributed by atoms with Gasteiger partial charge in [0.15, 0.2) is 6.10 Å². The molecule has 2 aromatic rings. The van der Waals surface area contributed by atoms with Gasteiger partial charge in [-0.3, -0.25) is 0 Å². The molecule has 1 aliphatic heterocycles. The maximum absolute atomic E-state index is 12.5. The summed E-state index contributed by atoms with van der Waals surface area (Å²) in [5.74, 6) is 1.24. The number of hydrogen-bond acceptors (Lipinski definition) is 7. The van der Waals surface area contributed by atoms with E-state index in [4.69, 9.17) is 13.9 Å². The maximum Gasteiger partial charge on any atom is 0.322 e. The highest BCUT2D eigenvalue weighted by atomic mass is 16.5. The fourth-order valence-electron chi connectivity index (χ4n) is 2.36. The molecule has 2 aromatic heterocycles. The zero-order valence-electron chi connectivity index (χ0n) is 13.6. The minimum Gasteiger partial charge on any atom is -0.476 e. The first kappa shape index (κ1) is 16.2. The Morgan fingerprint density at radius 3 is 3.12 bits per heavy atom. The Bertz CT molecular complexity index is 705. The van der Waals surface area contributed by atoms with Gasteiger partial charge in [0.2, 0.25) is 17.7 Å². The molecule has 1 fully saturated rings. The Balaban J connectivity index is 1.66. The number of anilines is 1. The van der Waals surface area contributed by atoms with Gasteiger partial charge in [0.25, 0.3) is 0 Å². The van der Waals surface area contributed by atoms with Gasteiger partial charge in [-0.2, -0.15) is 0 Å². The standard InChI is InChI=1S/C15H19N5O4/c1-3-22-13-11(5-4-6-16-13)17-15(21)20-7-8-23-12(9-20)14-19-18-10(2)24-14/h4-6,12H,3,7-9H2,1-2H3,(H,17,21)/t12-/m0/s1. The van der Waals surface area contributed by atoms with E-state index in [0.717, 1.165) is 0 Å². The third-order valence-electron chi connectivity index (χ3n) is 3.46. The first-order chi connectivity index (χ1) is 11.7. The lowest BCUT2D eigenvalue weighted by atomic mass is 10.3. The van der Waals surface area contributed by atoms with Crippen LogP contribution >= 0.6 is 0 Å². The summed E-state index contributed by atoms with van der Waals surface area (Å²) in [5, 5.41) is 10.6. The van der Waals surface area contributed by atoms with Crippen LogP contribution in [-0.2, 0) is 4.74 Å². The summed E-state index contributed by atoms with van der Waals surface area (Å²) < 4.78 is 16.4. The van der Waals surface area contributed by atoms with Crippen LogP contribution in [0.3, 0.4) is 0 Å². The van der Waals surface area contributed by atoms with E-state index in [9.17, 15) is 4.79 Å². The Morgan fingerprint density at radius 1 is 1.50 bits per heavy atom. The highest BCUT2D eigenvalue weighted by Crippen LogP contribution is 2.24. The molecule has 0 bridgehead atoms. The summed E-state index contributed by atoms with van der Waals surface area (Å²) in [5.41, 5.74) is 0.529. The predicted octanol–water partition coefficient (Wildman–Crippen LogP) is 1.78. The molecule has 1 N–H and O–H groups in total. The summed E-state index contributed by atoms with van der Waals surface area (Å²) in [6.07, 6.45) is 1.19. The van der Waals surface area contributed by atoms with Gasteiger partial charge in [-0.25, -0.2) is 9.78 Å². The first-order valence-electron chi connectivity index (χ1n) is 7.72. The molecular formula is C15H19N5O4. The number of ether oxygens (including phenoxy) is 2. The van der Waals surface area contributed by atoms with Crippen molar-refractivity contribution in [3.05, 3.63) is 30.1 Å². The quantitative estimate of drug-likeness (QED) is 0.909. The monoisotopic (exact) mass is 333 g/mol. The highest BCUT2D eigenvalue weighted by molar-refractivity contribution is 5.90. The number of pyridine rings is 1. The first-order valence-corrected chi connectivity index (χ1v) is 7.72. The summed E-state index contributed by atoms with van der Waals surface area (Å²) in [4.78, 5) is 18.3. The van der Waals surface area contributed by atoms with Crippen molar-refractivity contribution in [2.24, 2.45) is 0 Å². The molecule has 0 aliphatic carbocycles. The van der Waals surface area contributed by atoms with E-state index >= 15 is 0 Å². The van der Waals surface area contributed by atoms with Crippen molar-refractivity contribution in [2.75, 3.05) is 31.6 Å². The summed E-state index contributed by atoms with van der Waals surface area (Å²) in [6.45, 7) is 5.24. The Hall–Kier alpha value is -2.68. The van der Waals surface area contributed by atoms with Crippen LogP contribution < -0.4 is 10.1 Å². The summed E-state index contributed by atoms with van der Waals surface area (Å²) in [6, 6.07) is 3.23. The lowest BCUT2D eigenvalue weighted by Gasteiger charge is -2.31. The lowest BCUT2D eigenvalue weighted by molar-refractivity contribution is -0.0274. The van der Waals surface area contributed by atoms with Crippen molar-refractivity contribution >= 4 is 11.7 Å². The molecule has 9 heteroatoms. The van der Waals surface area contributed by atoms with Crippen LogP contribution in [0.2, 0.25) is 0 Å². The number of amides is 2. The number of carbonyl (C=O) groups excluding carboxylic acids is 1. The number of rotatable bonds is 4. The Kier molecular flexibility index (Phi) is 4.90. The van der Waals surface area contributed by atoms with Gasteiger partial charge in [0, 0.05) is 19.7 Å². The number of nitrogens with zero attached hydrogens (tertiary/aromatic N) is 4. The minimum atomic E-state index is -0.425. The van der Waals surface area contributed by atoms with Crippen molar-refractivity contribution in [3.63, 3.8) is 0 Å². The Morgan fingerprint density at radius 2 is 2.38 bits per heavy atom. The third-order valence-corrected chi connectivity index (χ3v) is 3.46. The van der Waals surface area contributed by atoms with Crippen LogP contribution in [0.15, 0.2) is 22.7 Å². The van der Waals surface area contributed by atoms with Crippen LogP contribution in [0.5, 0.6) is 5.88 Å². The maximum atomic E-state index is 12.5. The van der Waals surface area contributed by atoms with E-state index in [1.807, 2.05) is 6.92 Å². The molecule has 0 saturated carbocycles. The molecule has 3 rings (SSSR count). The minimum absolute atomic E-state index is 0.256. The molecule has 9 nitrogen and oxygen atoms in total. The fraction of sp³-hybridized carbons (Fsp3) is 0.467. The second-order valence-electron chi connectivity index (χ2n) is 5.18. The SMILES string of the molecule is CCOc1ncccc1NC(=O)N1CCO[C@H](c2nnc(C)o2)C1. The van der Waals surface area contributed by atoms with Gasteiger partial charge in [-0.1, -0.05) is 0 Å². The molecule has 128 valence electrons. The molecule has 0 aromatic carbocycles. The van der Waals surface area contributed by atoms with Gasteiger partial charge < -0.3 is 24.1 Å². The zero-order valence-corrected chi connectivity index (χ0v) is 13.6. The Labute approximate surface area is 139 Å². The van der Waals surface area contributed by atoms with Crippen molar-refractivity contribution in [3.8, 4) is 5.88 Å². The van der Waals surface area contributed by atoms with Gasteiger partial charge in [0.05, 0.1) is 19.8 Å². The number of aryl methyl sites for hydroxylation is 1. The fourth-order valence-corrected chi connectivity index (χ4v) is 2.36. The average molecular weight is 333 g/mol. The number of aromatic nitrogens is 3. The average Bonchev–Trinajstić information content (AvgIpc) is 3.03. The largest absolute Gasteiger partial charge is 0.476 e. The van der Waals surface area contributed by atoms with Crippen molar-refractivity contribution in [1.82, 2.24) is 20.1 Å². The number of morpholine rings is 1. The molecule has 1 atom stereocenters. The molecule has 0 unspecified atom stereocenters. The summed E-state index contributed by atoms with van der Waals surface area (Å²) in [7, 11) is 0. The lowest BCUT2D eigenvalue weighted by Crippen LogP contribution is -2.44. The van der Waals surface area contributed by atoms with Gasteiger partial charge >= 0.3 is 6.03 Å². The number of carbonyl (C=O) groups is 1. The smallest absolute Gasteiger partial charge is 0.322 e. The van der Waals surface area contributed by atoms with E-state index < -0.39 is 6.10 Å². The summed E-state index contributed by atoms with van der Waals surface area (Å²) >= 11 is 0. The molecule has 24 heavy (non-hydrogen) atoms. The van der Waals surface area contributed by atoms with E-state index in [2.05, 4.69) is 20.5 Å². The molecular weight excluding hydrogens is 314 g/mol. The number of urea groups is 1. The highest BCUT2D eigenvalue weighted by Gasteiger charge is 2.29. The molecule has 0 radical (unpaired) electrons. The van der Waals surface area contributed by atoms with Gasteiger partial charge in [-0.05, 0) is 19.1 Å². The molecule has 1 saturated heterocycles. The third kappa shape index (κ3) is 3.62. The van der Waals surface area contributed by atoms with Crippen molar-refractivity contribution in [1.29, 1.82) is 0 Å². The van der Waals surface area contributed by atoms with E-state index in [0.29, 0.717) is 49.7 Å². The molecule has 2 amide bonds. The predicted molar refractivity (Wildman–Crippen MR) is 83.7 cm³/mol. The molecule has 3 heterocycles. The second-order valence-corrected chi connectivity index (χ2v) is 5.18. The van der Waals surface area contributed by atoms with Crippen molar-refractivity contribution < 1.29 is 18.7 Å². The van der Waals surface area contributed by atoms with Gasteiger partial charge in [0.1, 0.15) is 5.69 Å². The van der Waals surface area contributed by atoms with E-state index in [1.54, 1.807) is 30.2 Å². The topological polar surface area (TPSA) is 103 Å². The van der Waals surface area contributed by atoms with E-state index in [1.165, 1.54) is 0 Å². The molecule has 0 spiro atoms. The second kappa shape index (κ2) is 7.26. The molecule has 1 aliphatic rings.